The molecule has 0 aromatic carbocycles. The van der Waals surface area contributed by atoms with Gasteiger partial charge in [0, 0.05) is 11.4 Å². The van der Waals surface area contributed by atoms with Crippen LogP contribution in [-0.4, -0.2) is 5.88 Å². The predicted octanol–water partition coefficient (Wildman–Crippen LogP) is 4.03. The molecule has 0 rings (SSSR count). The van der Waals surface area contributed by atoms with Crippen LogP contribution in [0.2, 0.25) is 0 Å². The van der Waals surface area contributed by atoms with E-state index in [2.05, 4.69) is 27.7 Å². The van der Waals surface area contributed by atoms with Crippen LogP contribution in [0.4, 0.5) is 0 Å². The molecule has 2 heteroatoms. The third kappa shape index (κ3) is 3.48. The van der Waals surface area contributed by atoms with Crippen LogP contribution in [0.25, 0.3) is 0 Å². The van der Waals surface area contributed by atoms with E-state index in [-0.39, 0.29) is 5.41 Å². The van der Waals surface area contributed by atoms with E-state index in [4.69, 9.17) is 23.2 Å². The minimum atomic E-state index is 0.246. The molecule has 0 saturated heterocycles. The van der Waals surface area contributed by atoms with Crippen LogP contribution in [0.15, 0.2) is 11.1 Å². The molecule has 66 valence electrons. The van der Waals surface area contributed by atoms with Crippen molar-refractivity contribution < 1.29 is 0 Å². The number of allylic oxidation sites excluding steroid dienone is 1. The van der Waals surface area contributed by atoms with Crippen molar-refractivity contribution in [3.8, 4) is 0 Å². The largest absolute Gasteiger partial charge is 0.122 e. The van der Waals surface area contributed by atoms with E-state index in [0.29, 0.717) is 11.8 Å². The Kier molecular flexibility index (Phi) is 4.50. The topological polar surface area (TPSA) is 0 Å². The Morgan fingerprint density at radius 2 is 1.91 bits per heavy atom. The molecule has 0 fully saturated rings. The minimum Gasteiger partial charge on any atom is -0.122 e. The van der Waals surface area contributed by atoms with Crippen molar-refractivity contribution in [3.05, 3.63) is 11.1 Å². The van der Waals surface area contributed by atoms with Gasteiger partial charge >= 0.3 is 0 Å². The van der Waals surface area contributed by atoms with Crippen LogP contribution < -0.4 is 0 Å². The quantitative estimate of drug-likeness (QED) is 0.583. The maximum atomic E-state index is 5.72. The first-order valence-corrected chi connectivity index (χ1v) is 4.75. The fraction of sp³-hybridized carbons (Fsp3) is 0.778. The molecule has 0 spiro atoms. The highest BCUT2D eigenvalue weighted by molar-refractivity contribution is 6.27. The smallest absolute Gasteiger partial charge is 0.0447 e. The Morgan fingerprint density at radius 3 is 2.00 bits per heavy atom. The molecule has 0 aromatic heterocycles. The molecule has 0 aliphatic heterocycles. The van der Waals surface area contributed by atoms with E-state index in [1.807, 2.05) is 0 Å². The van der Waals surface area contributed by atoms with Crippen LogP contribution in [-0.2, 0) is 0 Å². The summed E-state index contributed by atoms with van der Waals surface area (Å²) in [5.74, 6) is 0.972. The SMILES string of the molecule is CC(C(=CCl)CCl)C(C)(C)C. The molecule has 0 heterocycles. The summed E-state index contributed by atoms with van der Waals surface area (Å²) < 4.78 is 0. The van der Waals surface area contributed by atoms with Crippen molar-refractivity contribution in [2.24, 2.45) is 11.3 Å². The molecule has 0 amide bonds. The maximum Gasteiger partial charge on any atom is 0.0447 e. The summed E-state index contributed by atoms with van der Waals surface area (Å²) in [4.78, 5) is 0. The van der Waals surface area contributed by atoms with Crippen molar-refractivity contribution in [2.75, 3.05) is 5.88 Å². The van der Waals surface area contributed by atoms with Crippen molar-refractivity contribution in [1.29, 1.82) is 0 Å². The van der Waals surface area contributed by atoms with Gasteiger partial charge in [0.05, 0.1) is 0 Å². The second-order valence-corrected chi connectivity index (χ2v) is 4.39. The summed E-state index contributed by atoms with van der Waals surface area (Å²) in [7, 11) is 0. The number of alkyl halides is 1. The molecule has 1 atom stereocenters. The Bertz CT molecular complexity index is 142. The Hall–Kier alpha value is 0.320. The predicted molar refractivity (Wildman–Crippen MR) is 53.3 cm³/mol. The summed E-state index contributed by atoms with van der Waals surface area (Å²) in [5.41, 5.74) is 2.96. The third-order valence-corrected chi connectivity index (χ3v) is 2.74. The highest BCUT2D eigenvalue weighted by atomic mass is 35.5. The van der Waals surface area contributed by atoms with Crippen molar-refractivity contribution in [3.63, 3.8) is 0 Å². The molecule has 0 N–H and O–H groups in total. The van der Waals surface area contributed by atoms with Gasteiger partial charge in [0.15, 0.2) is 0 Å². The molecular weight excluding hydrogens is 179 g/mol. The van der Waals surface area contributed by atoms with Crippen molar-refractivity contribution >= 4 is 23.2 Å². The van der Waals surface area contributed by atoms with E-state index in [1.165, 1.54) is 0 Å². The first kappa shape index (κ1) is 11.3. The summed E-state index contributed by atoms with van der Waals surface area (Å²) in [6, 6.07) is 0. The molecule has 0 aliphatic carbocycles. The average Bonchev–Trinajstić information content (AvgIpc) is 1.88. The van der Waals surface area contributed by atoms with Gasteiger partial charge in [0.25, 0.3) is 0 Å². The molecule has 0 nitrogen and oxygen atoms in total. The number of hydrogen-bond acceptors (Lipinski definition) is 0. The van der Waals surface area contributed by atoms with Crippen LogP contribution in [0, 0.1) is 11.3 Å². The first-order valence-electron chi connectivity index (χ1n) is 3.78. The molecule has 0 saturated carbocycles. The lowest BCUT2D eigenvalue weighted by Crippen LogP contribution is -2.19. The zero-order valence-corrected chi connectivity index (χ0v) is 9.13. The molecule has 11 heavy (non-hydrogen) atoms. The lowest BCUT2D eigenvalue weighted by molar-refractivity contribution is 0.301. The fourth-order valence-corrected chi connectivity index (χ4v) is 1.45. The van der Waals surface area contributed by atoms with Gasteiger partial charge in [0.1, 0.15) is 0 Å². The molecular formula is C9H16Cl2. The highest BCUT2D eigenvalue weighted by Gasteiger charge is 2.22. The summed E-state index contributed by atoms with van der Waals surface area (Å²) in [5, 5.41) is 0. The molecule has 0 aliphatic rings. The van der Waals surface area contributed by atoms with Crippen LogP contribution in [0.3, 0.4) is 0 Å². The molecule has 0 aromatic rings. The number of halogens is 2. The third-order valence-electron chi connectivity index (χ3n) is 2.15. The van der Waals surface area contributed by atoms with Gasteiger partial charge in [-0.3, -0.25) is 0 Å². The Morgan fingerprint density at radius 1 is 1.45 bits per heavy atom. The van der Waals surface area contributed by atoms with Gasteiger partial charge in [-0.15, -0.1) is 11.6 Å². The van der Waals surface area contributed by atoms with Gasteiger partial charge in [-0.2, -0.15) is 0 Å². The van der Waals surface area contributed by atoms with Crippen LogP contribution in [0.1, 0.15) is 27.7 Å². The minimum absolute atomic E-state index is 0.246. The lowest BCUT2D eigenvalue weighted by Gasteiger charge is -2.28. The van der Waals surface area contributed by atoms with E-state index in [1.54, 1.807) is 5.54 Å². The van der Waals surface area contributed by atoms with Crippen molar-refractivity contribution in [2.45, 2.75) is 27.7 Å². The summed E-state index contributed by atoms with van der Waals surface area (Å²) in [6.45, 7) is 8.70. The molecule has 0 bridgehead atoms. The van der Waals surface area contributed by atoms with Gasteiger partial charge in [-0.25, -0.2) is 0 Å². The van der Waals surface area contributed by atoms with E-state index in [9.17, 15) is 0 Å². The summed E-state index contributed by atoms with van der Waals surface area (Å²) in [6.07, 6.45) is 0. The van der Waals surface area contributed by atoms with Gasteiger partial charge in [-0.05, 0) is 16.9 Å². The normalized spacial score (nSPS) is 16.7. The standard InChI is InChI=1S/C9H16Cl2/c1-7(9(2,3)4)8(5-10)6-11/h5,7H,6H2,1-4H3. The molecule has 0 radical (unpaired) electrons. The van der Waals surface area contributed by atoms with Gasteiger partial charge in [0.2, 0.25) is 0 Å². The second-order valence-electron chi connectivity index (χ2n) is 3.91. The van der Waals surface area contributed by atoms with Crippen LogP contribution in [0.5, 0.6) is 0 Å². The highest BCUT2D eigenvalue weighted by Crippen LogP contribution is 2.32. The fourth-order valence-electron chi connectivity index (χ4n) is 0.796. The number of hydrogen-bond donors (Lipinski definition) is 0. The molecule has 1 unspecified atom stereocenters. The first-order chi connectivity index (χ1) is 4.93. The van der Waals surface area contributed by atoms with Crippen LogP contribution >= 0.6 is 23.2 Å². The van der Waals surface area contributed by atoms with E-state index >= 15 is 0 Å². The summed E-state index contributed by atoms with van der Waals surface area (Å²) >= 11 is 11.3. The second kappa shape index (κ2) is 4.37. The van der Waals surface area contributed by atoms with Gasteiger partial charge < -0.3 is 0 Å². The monoisotopic (exact) mass is 194 g/mol. The lowest BCUT2D eigenvalue weighted by atomic mass is 9.78. The van der Waals surface area contributed by atoms with Crippen molar-refractivity contribution in [1.82, 2.24) is 0 Å². The zero-order valence-electron chi connectivity index (χ0n) is 7.62. The van der Waals surface area contributed by atoms with E-state index in [0.717, 1.165) is 5.57 Å². The number of rotatable bonds is 2. The zero-order chi connectivity index (χ0) is 9.07. The Balaban J connectivity index is 4.34. The average molecular weight is 195 g/mol. The Labute approximate surface area is 79.6 Å². The maximum absolute atomic E-state index is 5.72. The van der Waals surface area contributed by atoms with E-state index < -0.39 is 0 Å². The van der Waals surface area contributed by atoms with Gasteiger partial charge in [-0.1, -0.05) is 39.3 Å².